The van der Waals surface area contributed by atoms with Gasteiger partial charge in [0.25, 0.3) is 0 Å². The van der Waals surface area contributed by atoms with Gasteiger partial charge in [-0.15, -0.1) is 0 Å². The average Bonchev–Trinajstić information content (AvgIpc) is 3.09. The minimum atomic E-state index is -0.829. The largest absolute Gasteiger partial charge is 0.381 e. The Hall–Kier alpha value is -1.08. The Labute approximate surface area is 121 Å². The molecule has 1 amide bonds. The first kappa shape index (κ1) is 13.9. The number of amides is 1. The zero-order valence-corrected chi connectivity index (χ0v) is 12.3. The van der Waals surface area contributed by atoms with Crippen molar-refractivity contribution in [2.45, 2.75) is 38.5 Å². The molecule has 2 saturated carbocycles. The van der Waals surface area contributed by atoms with Crippen molar-refractivity contribution in [1.29, 1.82) is 5.26 Å². The van der Waals surface area contributed by atoms with E-state index in [0.717, 1.165) is 18.4 Å². The van der Waals surface area contributed by atoms with Crippen LogP contribution in [-0.2, 0) is 9.53 Å². The highest BCUT2D eigenvalue weighted by molar-refractivity contribution is 5.85. The number of carbonyl (C=O) groups excluding carboxylic acids is 1. The molecule has 1 aliphatic heterocycles. The molecule has 4 heteroatoms. The third kappa shape index (κ3) is 2.33. The van der Waals surface area contributed by atoms with E-state index >= 15 is 0 Å². The summed E-state index contributed by atoms with van der Waals surface area (Å²) in [5.41, 5.74) is -0.829. The van der Waals surface area contributed by atoms with Gasteiger partial charge in [0.1, 0.15) is 5.41 Å². The molecule has 3 atom stereocenters. The normalized spacial score (nSPS) is 34.7. The summed E-state index contributed by atoms with van der Waals surface area (Å²) >= 11 is 0. The van der Waals surface area contributed by atoms with Crippen molar-refractivity contribution < 1.29 is 9.53 Å². The first-order valence-electron chi connectivity index (χ1n) is 7.89. The van der Waals surface area contributed by atoms with Crippen molar-refractivity contribution >= 4 is 5.91 Å². The van der Waals surface area contributed by atoms with Gasteiger partial charge in [-0.3, -0.25) is 4.79 Å². The molecule has 4 nitrogen and oxygen atoms in total. The van der Waals surface area contributed by atoms with E-state index in [1.807, 2.05) is 11.9 Å². The Balaban J connectivity index is 1.62. The number of ether oxygens (including phenoxy) is 1. The van der Waals surface area contributed by atoms with Crippen molar-refractivity contribution in [2.24, 2.45) is 23.2 Å². The third-order valence-corrected chi connectivity index (χ3v) is 5.71. The molecule has 20 heavy (non-hydrogen) atoms. The number of hydrogen-bond donors (Lipinski definition) is 0. The Morgan fingerprint density at radius 3 is 2.65 bits per heavy atom. The second-order valence-corrected chi connectivity index (χ2v) is 6.93. The highest BCUT2D eigenvalue weighted by Gasteiger charge is 2.45. The summed E-state index contributed by atoms with van der Waals surface area (Å²) in [4.78, 5) is 14.5. The second-order valence-electron chi connectivity index (χ2n) is 6.93. The molecule has 0 radical (unpaired) electrons. The lowest BCUT2D eigenvalue weighted by molar-refractivity contribution is -0.142. The summed E-state index contributed by atoms with van der Waals surface area (Å²) in [7, 11) is 1.88. The van der Waals surface area contributed by atoms with Gasteiger partial charge in [0.2, 0.25) is 5.91 Å². The molecule has 3 rings (SSSR count). The standard InChI is InChI=1S/C16H24N2O2/c1-18(10-14-9-12-2-3-13(14)8-12)15(19)16(11-17)4-6-20-7-5-16/h12-14H,2-10H2,1H3. The number of fused-ring (bicyclic) bond motifs is 2. The maximum absolute atomic E-state index is 12.7. The summed E-state index contributed by atoms with van der Waals surface area (Å²) in [6.07, 6.45) is 6.47. The quantitative estimate of drug-likeness (QED) is 0.794. The van der Waals surface area contributed by atoms with Gasteiger partial charge in [0, 0.05) is 26.8 Å². The molecule has 0 aromatic heterocycles. The molecule has 110 valence electrons. The van der Waals surface area contributed by atoms with E-state index in [0.29, 0.717) is 32.0 Å². The molecule has 3 fully saturated rings. The molecule has 3 unspecified atom stereocenters. The van der Waals surface area contributed by atoms with Crippen LogP contribution in [0.25, 0.3) is 0 Å². The van der Waals surface area contributed by atoms with Crippen molar-refractivity contribution in [1.82, 2.24) is 4.90 Å². The van der Waals surface area contributed by atoms with E-state index in [4.69, 9.17) is 4.74 Å². The zero-order valence-electron chi connectivity index (χ0n) is 12.3. The molecule has 1 heterocycles. The molecular formula is C16H24N2O2. The van der Waals surface area contributed by atoms with Gasteiger partial charge in [-0.2, -0.15) is 5.26 Å². The topological polar surface area (TPSA) is 53.3 Å². The molecule has 0 aromatic rings. The average molecular weight is 276 g/mol. The highest BCUT2D eigenvalue weighted by atomic mass is 16.5. The maximum Gasteiger partial charge on any atom is 0.242 e. The van der Waals surface area contributed by atoms with Crippen LogP contribution in [0.4, 0.5) is 0 Å². The van der Waals surface area contributed by atoms with Gasteiger partial charge >= 0.3 is 0 Å². The number of carbonyl (C=O) groups is 1. The lowest BCUT2D eigenvalue weighted by Crippen LogP contribution is -2.46. The first-order chi connectivity index (χ1) is 9.64. The summed E-state index contributed by atoms with van der Waals surface area (Å²) in [5, 5.41) is 9.47. The van der Waals surface area contributed by atoms with Crippen molar-refractivity contribution in [2.75, 3.05) is 26.8 Å². The second kappa shape index (κ2) is 5.37. The number of hydrogen-bond acceptors (Lipinski definition) is 3. The van der Waals surface area contributed by atoms with Gasteiger partial charge < -0.3 is 9.64 Å². The minimum Gasteiger partial charge on any atom is -0.381 e. The minimum absolute atomic E-state index is 0.0195. The predicted octanol–water partition coefficient (Wildman–Crippen LogP) is 2.20. The van der Waals surface area contributed by atoms with Crippen molar-refractivity contribution in [3.63, 3.8) is 0 Å². The van der Waals surface area contributed by atoms with E-state index in [1.54, 1.807) is 0 Å². The predicted molar refractivity (Wildman–Crippen MR) is 74.7 cm³/mol. The lowest BCUT2D eigenvalue weighted by atomic mass is 9.80. The SMILES string of the molecule is CN(CC1CC2CCC1C2)C(=O)C1(C#N)CCOCC1. The molecule has 1 saturated heterocycles. The fourth-order valence-electron chi connectivity index (χ4n) is 4.49. The number of nitrogens with zero attached hydrogens (tertiary/aromatic N) is 2. The Morgan fingerprint density at radius 2 is 2.10 bits per heavy atom. The fourth-order valence-corrected chi connectivity index (χ4v) is 4.49. The third-order valence-electron chi connectivity index (χ3n) is 5.71. The van der Waals surface area contributed by atoms with Crippen LogP contribution >= 0.6 is 0 Å². The van der Waals surface area contributed by atoms with E-state index in [1.165, 1.54) is 25.7 Å². The van der Waals surface area contributed by atoms with E-state index < -0.39 is 5.41 Å². The van der Waals surface area contributed by atoms with Crippen LogP contribution < -0.4 is 0 Å². The highest BCUT2D eigenvalue weighted by Crippen LogP contribution is 2.48. The molecule has 0 N–H and O–H groups in total. The van der Waals surface area contributed by atoms with Crippen LogP contribution in [0, 0.1) is 34.5 Å². The molecule has 2 bridgehead atoms. The Morgan fingerprint density at radius 1 is 1.35 bits per heavy atom. The smallest absolute Gasteiger partial charge is 0.242 e. The summed E-state index contributed by atoms with van der Waals surface area (Å²) in [5.74, 6) is 2.41. The van der Waals surface area contributed by atoms with Gasteiger partial charge in [-0.05, 0) is 49.9 Å². The number of rotatable bonds is 3. The molecule has 3 aliphatic rings. The Kier molecular flexibility index (Phi) is 3.72. The van der Waals surface area contributed by atoms with Gasteiger partial charge in [-0.1, -0.05) is 6.42 Å². The van der Waals surface area contributed by atoms with E-state index in [9.17, 15) is 10.1 Å². The first-order valence-corrected chi connectivity index (χ1v) is 7.89. The van der Waals surface area contributed by atoms with Crippen LogP contribution in [-0.4, -0.2) is 37.6 Å². The van der Waals surface area contributed by atoms with Gasteiger partial charge in [0.05, 0.1) is 6.07 Å². The van der Waals surface area contributed by atoms with Crippen LogP contribution in [0.5, 0.6) is 0 Å². The molecular weight excluding hydrogens is 252 g/mol. The number of nitriles is 1. The van der Waals surface area contributed by atoms with Crippen LogP contribution in [0.15, 0.2) is 0 Å². The van der Waals surface area contributed by atoms with Crippen molar-refractivity contribution in [3.8, 4) is 6.07 Å². The van der Waals surface area contributed by atoms with Gasteiger partial charge in [-0.25, -0.2) is 0 Å². The Bertz CT molecular complexity index is 423. The van der Waals surface area contributed by atoms with Crippen LogP contribution in [0.1, 0.15) is 38.5 Å². The lowest BCUT2D eigenvalue weighted by Gasteiger charge is -2.35. The van der Waals surface area contributed by atoms with Crippen LogP contribution in [0.2, 0.25) is 0 Å². The van der Waals surface area contributed by atoms with E-state index in [-0.39, 0.29) is 5.91 Å². The summed E-state index contributed by atoms with van der Waals surface area (Å²) < 4.78 is 5.31. The van der Waals surface area contributed by atoms with Crippen LogP contribution in [0.3, 0.4) is 0 Å². The molecule has 0 aromatic carbocycles. The molecule has 0 spiro atoms. The van der Waals surface area contributed by atoms with Crippen molar-refractivity contribution in [3.05, 3.63) is 0 Å². The fraction of sp³-hybridized carbons (Fsp3) is 0.875. The molecule has 2 aliphatic carbocycles. The van der Waals surface area contributed by atoms with Gasteiger partial charge in [0.15, 0.2) is 0 Å². The van der Waals surface area contributed by atoms with E-state index in [2.05, 4.69) is 6.07 Å². The zero-order chi connectivity index (χ0) is 14.2. The maximum atomic E-state index is 12.7. The summed E-state index contributed by atoms with van der Waals surface area (Å²) in [6, 6.07) is 2.29. The summed E-state index contributed by atoms with van der Waals surface area (Å²) in [6.45, 7) is 1.90. The monoisotopic (exact) mass is 276 g/mol.